The van der Waals surface area contributed by atoms with Crippen molar-refractivity contribution in [3.8, 4) is 23.0 Å². The quantitative estimate of drug-likeness (QED) is 0.528. The van der Waals surface area contributed by atoms with Crippen molar-refractivity contribution in [2.45, 2.75) is 0 Å². The SMILES string of the molecule is Cn1c(-c2nc(-c3ccc4n[nH]nc4c3)no2)cc2ccccc2c1=O. The summed E-state index contributed by atoms with van der Waals surface area (Å²) in [5, 5.41) is 16.2. The van der Waals surface area contributed by atoms with Crippen LogP contribution in [0.2, 0.25) is 0 Å². The van der Waals surface area contributed by atoms with Crippen LogP contribution in [0.15, 0.2) is 57.8 Å². The van der Waals surface area contributed by atoms with Crippen LogP contribution in [0.4, 0.5) is 0 Å². The minimum absolute atomic E-state index is 0.109. The molecule has 0 atom stereocenters. The number of hydrogen-bond donors (Lipinski definition) is 1. The Morgan fingerprint density at radius 3 is 2.81 bits per heavy atom. The van der Waals surface area contributed by atoms with Crippen molar-refractivity contribution in [3.05, 3.63) is 58.9 Å². The number of rotatable bonds is 2. The van der Waals surface area contributed by atoms with Gasteiger partial charge in [-0.1, -0.05) is 23.4 Å². The average Bonchev–Trinajstić information content (AvgIpc) is 3.33. The molecule has 0 fully saturated rings. The largest absolute Gasteiger partial charge is 0.332 e. The molecule has 0 unspecified atom stereocenters. The Hall–Kier alpha value is -3.81. The van der Waals surface area contributed by atoms with Gasteiger partial charge in [0.25, 0.3) is 11.4 Å². The second kappa shape index (κ2) is 5.35. The molecule has 126 valence electrons. The molecule has 1 N–H and O–H groups in total. The molecule has 0 spiro atoms. The molecule has 0 aliphatic carbocycles. The molecule has 3 aromatic heterocycles. The summed E-state index contributed by atoms with van der Waals surface area (Å²) in [5.41, 5.74) is 2.69. The summed E-state index contributed by atoms with van der Waals surface area (Å²) in [7, 11) is 1.69. The third-order valence-electron chi connectivity index (χ3n) is 4.37. The van der Waals surface area contributed by atoms with Crippen LogP contribution in [0.5, 0.6) is 0 Å². The maximum absolute atomic E-state index is 12.6. The topological polar surface area (TPSA) is 102 Å². The van der Waals surface area contributed by atoms with Crippen molar-refractivity contribution >= 4 is 21.8 Å². The summed E-state index contributed by atoms with van der Waals surface area (Å²) in [6.45, 7) is 0. The molecular weight excluding hydrogens is 332 g/mol. The molecule has 0 aliphatic heterocycles. The number of aromatic nitrogens is 6. The van der Waals surface area contributed by atoms with Gasteiger partial charge in [0.1, 0.15) is 16.7 Å². The molecular formula is C18H12N6O2. The van der Waals surface area contributed by atoms with E-state index in [2.05, 4.69) is 25.6 Å². The molecule has 0 radical (unpaired) electrons. The minimum atomic E-state index is -0.109. The Kier molecular flexibility index (Phi) is 2.99. The lowest BCUT2D eigenvalue weighted by Crippen LogP contribution is -2.18. The van der Waals surface area contributed by atoms with E-state index in [1.807, 2.05) is 42.5 Å². The fourth-order valence-electron chi connectivity index (χ4n) is 2.98. The van der Waals surface area contributed by atoms with Gasteiger partial charge in [0.15, 0.2) is 0 Å². The van der Waals surface area contributed by atoms with Gasteiger partial charge in [0.2, 0.25) is 5.82 Å². The molecule has 5 aromatic rings. The lowest BCUT2D eigenvalue weighted by atomic mass is 10.1. The number of hydrogen-bond acceptors (Lipinski definition) is 6. The van der Waals surface area contributed by atoms with Gasteiger partial charge in [-0.15, -0.1) is 0 Å². The molecule has 0 amide bonds. The van der Waals surface area contributed by atoms with E-state index in [1.54, 1.807) is 13.1 Å². The van der Waals surface area contributed by atoms with E-state index in [9.17, 15) is 4.79 Å². The highest BCUT2D eigenvalue weighted by Gasteiger charge is 2.16. The zero-order valence-corrected chi connectivity index (χ0v) is 13.7. The van der Waals surface area contributed by atoms with Crippen molar-refractivity contribution < 1.29 is 4.52 Å². The van der Waals surface area contributed by atoms with Crippen molar-refractivity contribution in [1.29, 1.82) is 0 Å². The first-order valence-corrected chi connectivity index (χ1v) is 7.94. The Labute approximate surface area is 146 Å². The summed E-state index contributed by atoms with van der Waals surface area (Å²) in [4.78, 5) is 17.0. The third kappa shape index (κ3) is 2.12. The number of nitrogens with one attached hydrogen (secondary N) is 1. The van der Waals surface area contributed by atoms with Crippen LogP contribution >= 0.6 is 0 Å². The average molecular weight is 344 g/mol. The maximum Gasteiger partial charge on any atom is 0.274 e. The van der Waals surface area contributed by atoms with Crippen molar-refractivity contribution in [2.24, 2.45) is 7.05 Å². The first-order chi connectivity index (χ1) is 12.7. The van der Waals surface area contributed by atoms with Gasteiger partial charge in [0, 0.05) is 18.0 Å². The number of aromatic amines is 1. The number of pyridine rings is 1. The van der Waals surface area contributed by atoms with E-state index < -0.39 is 0 Å². The smallest absolute Gasteiger partial charge is 0.274 e. The highest BCUT2D eigenvalue weighted by atomic mass is 16.5. The van der Waals surface area contributed by atoms with Gasteiger partial charge in [-0.2, -0.15) is 20.4 Å². The first-order valence-electron chi connectivity index (χ1n) is 7.94. The van der Waals surface area contributed by atoms with Crippen LogP contribution in [0.1, 0.15) is 0 Å². The van der Waals surface area contributed by atoms with Gasteiger partial charge < -0.3 is 9.09 Å². The van der Waals surface area contributed by atoms with E-state index >= 15 is 0 Å². The van der Waals surface area contributed by atoms with Gasteiger partial charge in [-0.3, -0.25) is 4.79 Å². The predicted octanol–water partition coefficient (Wildman–Crippen LogP) is 2.53. The molecule has 3 heterocycles. The maximum atomic E-state index is 12.6. The van der Waals surface area contributed by atoms with Crippen molar-refractivity contribution in [2.75, 3.05) is 0 Å². The van der Waals surface area contributed by atoms with Crippen molar-refractivity contribution in [3.63, 3.8) is 0 Å². The normalized spacial score (nSPS) is 11.4. The van der Waals surface area contributed by atoms with E-state index in [1.165, 1.54) is 4.57 Å². The van der Waals surface area contributed by atoms with Crippen LogP contribution < -0.4 is 5.56 Å². The molecule has 0 aliphatic rings. The number of H-pyrrole nitrogens is 1. The molecule has 8 nitrogen and oxygen atoms in total. The molecule has 26 heavy (non-hydrogen) atoms. The number of nitrogens with zero attached hydrogens (tertiary/aromatic N) is 5. The Morgan fingerprint density at radius 1 is 1.04 bits per heavy atom. The van der Waals surface area contributed by atoms with E-state index in [0.29, 0.717) is 22.4 Å². The van der Waals surface area contributed by atoms with Crippen LogP contribution in [-0.4, -0.2) is 30.1 Å². The summed E-state index contributed by atoms with van der Waals surface area (Å²) in [5.74, 6) is 0.705. The second-order valence-electron chi connectivity index (χ2n) is 5.93. The van der Waals surface area contributed by atoms with Gasteiger partial charge in [-0.25, -0.2) is 0 Å². The van der Waals surface area contributed by atoms with E-state index in [-0.39, 0.29) is 11.4 Å². The zero-order valence-electron chi connectivity index (χ0n) is 13.7. The zero-order chi connectivity index (χ0) is 17.7. The Morgan fingerprint density at radius 2 is 1.88 bits per heavy atom. The minimum Gasteiger partial charge on any atom is -0.332 e. The molecule has 8 heteroatoms. The molecule has 0 saturated heterocycles. The van der Waals surface area contributed by atoms with Gasteiger partial charge in [-0.05, 0) is 35.7 Å². The first kappa shape index (κ1) is 14.5. The number of benzene rings is 2. The fraction of sp³-hybridized carbons (Fsp3) is 0.0556. The monoisotopic (exact) mass is 344 g/mol. The molecule has 5 rings (SSSR count). The highest BCUT2D eigenvalue weighted by molar-refractivity contribution is 5.84. The van der Waals surface area contributed by atoms with Crippen LogP contribution in [0.3, 0.4) is 0 Å². The summed E-state index contributed by atoms with van der Waals surface area (Å²) in [6.07, 6.45) is 0. The van der Waals surface area contributed by atoms with Crippen molar-refractivity contribution in [1.82, 2.24) is 30.1 Å². The van der Waals surface area contributed by atoms with E-state index in [0.717, 1.165) is 16.5 Å². The summed E-state index contributed by atoms with van der Waals surface area (Å²) >= 11 is 0. The van der Waals surface area contributed by atoms with Gasteiger partial charge >= 0.3 is 0 Å². The predicted molar refractivity (Wildman–Crippen MR) is 95.4 cm³/mol. The Bertz CT molecular complexity index is 1330. The molecule has 2 aromatic carbocycles. The lowest BCUT2D eigenvalue weighted by molar-refractivity contribution is 0.429. The third-order valence-corrected chi connectivity index (χ3v) is 4.37. The summed E-state index contributed by atoms with van der Waals surface area (Å²) in [6, 6.07) is 14.8. The van der Waals surface area contributed by atoms with Gasteiger partial charge in [0.05, 0.1) is 0 Å². The van der Waals surface area contributed by atoms with Crippen LogP contribution in [-0.2, 0) is 7.05 Å². The van der Waals surface area contributed by atoms with Crippen LogP contribution in [0.25, 0.3) is 44.8 Å². The second-order valence-corrected chi connectivity index (χ2v) is 5.93. The number of fused-ring (bicyclic) bond motifs is 2. The van der Waals surface area contributed by atoms with Crippen LogP contribution in [0, 0.1) is 0 Å². The Balaban J connectivity index is 1.65. The standard InChI is InChI=1S/C18H12N6O2/c1-24-15(9-10-4-2-3-5-12(10)18(24)25)17-19-16(22-26-17)11-6-7-13-14(8-11)21-23-20-13/h2-9H,1H3,(H,20,21,23). The van der Waals surface area contributed by atoms with E-state index in [4.69, 9.17) is 4.52 Å². The lowest BCUT2D eigenvalue weighted by Gasteiger charge is -2.06. The molecule has 0 bridgehead atoms. The molecule has 0 saturated carbocycles. The summed E-state index contributed by atoms with van der Waals surface area (Å²) < 4.78 is 6.93. The fourth-order valence-corrected chi connectivity index (χ4v) is 2.98. The highest BCUT2D eigenvalue weighted by Crippen LogP contribution is 2.25.